The summed E-state index contributed by atoms with van der Waals surface area (Å²) in [5.74, 6) is 1.51. The maximum Gasteiger partial charge on any atom is 0.125 e. The van der Waals surface area contributed by atoms with E-state index in [1.807, 2.05) is 19.1 Å². The predicted octanol–water partition coefficient (Wildman–Crippen LogP) is 1.39. The number of ether oxygens (including phenoxy) is 2. The highest BCUT2D eigenvalue weighted by Gasteiger charge is 2.12. The summed E-state index contributed by atoms with van der Waals surface area (Å²) in [7, 11) is 3.23. The Morgan fingerprint density at radius 1 is 1.25 bits per heavy atom. The lowest BCUT2D eigenvalue weighted by Gasteiger charge is -2.16. The standard InChI is InChI=1S/C12H19NO3/c1-8-11(15-2)6-9(7-12(8)16-3)10(13)4-5-14/h6-7,10,14H,4-5,13H2,1-3H3. The molecule has 0 heterocycles. The molecule has 90 valence electrons. The fourth-order valence-corrected chi connectivity index (χ4v) is 1.63. The molecule has 0 aliphatic heterocycles. The van der Waals surface area contributed by atoms with Crippen LogP contribution in [0.4, 0.5) is 0 Å². The first kappa shape index (κ1) is 12.8. The van der Waals surface area contributed by atoms with Gasteiger partial charge in [-0.1, -0.05) is 0 Å². The molecule has 0 aromatic heterocycles. The topological polar surface area (TPSA) is 64.7 Å². The zero-order valence-corrected chi connectivity index (χ0v) is 9.99. The van der Waals surface area contributed by atoms with Crippen LogP contribution in [0.1, 0.15) is 23.6 Å². The minimum absolute atomic E-state index is 0.0691. The Labute approximate surface area is 96.0 Å². The summed E-state index contributed by atoms with van der Waals surface area (Å²) in [5, 5.41) is 8.86. The van der Waals surface area contributed by atoms with Crippen LogP contribution in [-0.2, 0) is 0 Å². The highest BCUT2D eigenvalue weighted by molar-refractivity contribution is 5.48. The van der Waals surface area contributed by atoms with Gasteiger partial charge in [-0.2, -0.15) is 0 Å². The third-order valence-electron chi connectivity index (χ3n) is 2.64. The van der Waals surface area contributed by atoms with Crippen LogP contribution < -0.4 is 15.2 Å². The molecule has 0 bridgehead atoms. The third-order valence-corrected chi connectivity index (χ3v) is 2.64. The molecule has 0 aliphatic rings. The number of methoxy groups -OCH3 is 2. The Hall–Kier alpha value is -1.26. The quantitative estimate of drug-likeness (QED) is 0.795. The monoisotopic (exact) mass is 225 g/mol. The number of aliphatic hydroxyl groups excluding tert-OH is 1. The molecule has 16 heavy (non-hydrogen) atoms. The summed E-state index contributed by atoms with van der Waals surface area (Å²) in [4.78, 5) is 0. The molecule has 0 saturated carbocycles. The number of aliphatic hydroxyl groups is 1. The summed E-state index contributed by atoms with van der Waals surface area (Å²) in [5.41, 5.74) is 7.79. The Balaban J connectivity index is 3.11. The largest absolute Gasteiger partial charge is 0.496 e. The summed E-state index contributed by atoms with van der Waals surface area (Å²) in [6.45, 7) is 2.00. The molecule has 1 unspecified atom stereocenters. The summed E-state index contributed by atoms with van der Waals surface area (Å²) in [6, 6.07) is 3.57. The molecule has 0 amide bonds. The maximum atomic E-state index is 8.86. The predicted molar refractivity (Wildman–Crippen MR) is 62.9 cm³/mol. The first-order valence-electron chi connectivity index (χ1n) is 5.23. The van der Waals surface area contributed by atoms with Crippen LogP contribution in [0.5, 0.6) is 11.5 Å². The van der Waals surface area contributed by atoms with Gasteiger partial charge < -0.3 is 20.3 Å². The van der Waals surface area contributed by atoms with Crippen LogP contribution in [-0.4, -0.2) is 25.9 Å². The molecule has 1 atom stereocenters. The number of rotatable bonds is 5. The van der Waals surface area contributed by atoms with Gasteiger partial charge >= 0.3 is 0 Å². The van der Waals surface area contributed by atoms with E-state index in [2.05, 4.69) is 0 Å². The van der Waals surface area contributed by atoms with Gasteiger partial charge in [-0.3, -0.25) is 0 Å². The zero-order chi connectivity index (χ0) is 12.1. The van der Waals surface area contributed by atoms with Crippen LogP contribution >= 0.6 is 0 Å². The molecule has 1 rings (SSSR count). The van der Waals surface area contributed by atoms with Crippen molar-refractivity contribution in [2.75, 3.05) is 20.8 Å². The minimum atomic E-state index is -0.201. The number of nitrogens with two attached hydrogens (primary N) is 1. The Bertz CT molecular complexity index is 327. The van der Waals surface area contributed by atoms with Crippen LogP contribution in [0.15, 0.2) is 12.1 Å². The van der Waals surface area contributed by atoms with Crippen molar-refractivity contribution >= 4 is 0 Å². The molecule has 4 heteroatoms. The lowest BCUT2D eigenvalue weighted by Crippen LogP contribution is -2.12. The smallest absolute Gasteiger partial charge is 0.125 e. The van der Waals surface area contributed by atoms with Crippen molar-refractivity contribution in [2.24, 2.45) is 5.73 Å². The Morgan fingerprint density at radius 3 is 2.12 bits per heavy atom. The first-order valence-corrected chi connectivity index (χ1v) is 5.23. The number of hydrogen-bond acceptors (Lipinski definition) is 4. The van der Waals surface area contributed by atoms with Crippen molar-refractivity contribution in [1.82, 2.24) is 0 Å². The second kappa shape index (κ2) is 5.72. The van der Waals surface area contributed by atoms with E-state index in [0.717, 1.165) is 22.6 Å². The SMILES string of the molecule is COc1cc(C(N)CCO)cc(OC)c1C. The van der Waals surface area contributed by atoms with Gasteiger partial charge in [0.25, 0.3) is 0 Å². The molecule has 4 nitrogen and oxygen atoms in total. The summed E-state index contributed by atoms with van der Waals surface area (Å²) >= 11 is 0. The van der Waals surface area contributed by atoms with E-state index in [0.29, 0.717) is 6.42 Å². The van der Waals surface area contributed by atoms with Crippen molar-refractivity contribution in [1.29, 1.82) is 0 Å². The number of benzene rings is 1. The third kappa shape index (κ3) is 2.65. The maximum absolute atomic E-state index is 8.86. The molecular formula is C12H19NO3. The Kier molecular flexibility index (Phi) is 4.58. The molecule has 1 aromatic rings. The van der Waals surface area contributed by atoms with Crippen LogP contribution in [0.3, 0.4) is 0 Å². The van der Waals surface area contributed by atoms with Gasteiger partial charge in [0.05, 0.1) is 14.2 Å². The fraction of sp³-hybridized carbons (Fsp3) is 0.500. The lowest BCUT2D eigenvalue weighted by atomic mass is 10.0. The van der Waals surface area contributed by atoms with Gasteiger partial charge in [0, 0.05) is 18.2 Å². The van der Waals surface area contributed by atoms with Gasteiger partial charge in [0.1, 0.15) is 11.5 Å². The van der Waals surface area contributed by atoms with Gasteiger partial charge in [0.15, 0.2) is 0 Å². The number of hydrogen-bond donors (Lipinski definition) is 2. The van der Waals surface area contributed by atoms with E-state index in [1.165, 1.54) is 0 Å². The highest BCUT2D eigenvalue weighted by atomic mass is 16.5. The van der Waals surface area contributed by atoms with Gasteiger partial charge in [-0.15, -0.1) is 0 Å². The Morgan fingerprint density at radius 2 is 1.75 bits per heavy atom. The van der Waals surface area contributed by atoms with Crippen molar-refractivity contribution in [3.8, 4) is 11.5 Å². The van der Waals surface area contributed by atoms with E-state index >= 15 is 0 Å². The van der Waals surface area contributed by atoms with E-state index in [1.54, 1.807) is 14.2 Å². The van der Waals surface area contributed by atoms with Crippen LogP contribution in [0, 0.1) is 6.92 Å². The van der Waals surface area contributed by atoms with Gasteiger partial charge in [-0.05, 0) is 31.0 Å². The molecular weight excluding hydrogens is 206 g/mol. The van der Waals surface area contributed by atoms with Crippen molar-refractivity contribution < 1.29 is 14.6 Å². The normalized spacial score (nSPS) is 12.3. The molecule has 0 spiro atoms. The second-order valence-electron chi connectivity index (χ2n) is 3.67. The minimum Gasteiger partial charge on any atom is -0.496 e. The summed E-state index contributed by atoms with van der Waals surface area (Å²) in [6.07, 6.45) is 0.523. The van der Waals surface area contributed by atoms with Gasteiger partial charge in [-0.25, -0.2) is 0 Å². The van der Waals surface area contributed by atoms with Crippen LogP contribution in [0.25, 0.3) is 0 Å². The first-order chi connectivity index (χ1) is 7.63. The summed E-state index contributed by atoms with van der Waals surface area (Å²) < 4.78 is 10.5. The average Bonchev–Trinajstić information content (AvgIpc) is 2.29. The van der Waals surface area contributed by atoms with Crippen molar-refractivity contribution in [2.45, 2.75) is 19.4 Å². The average molecular weight is 225 g/mol. The zero-order valence-electron chi connectivity index (χ0n) is 9.99. The van der Waals surface area contributed by atoms with Gasteiger partial charge in [0.2, 0.25) is 0 Å². The molecule has 0 aliphatic carbocycles. The fourth-order valence-electron chi connectivity index (χ4n) is 1.63. The van der Waals surface area contributed by atoms with Crippen molar-refractivity contribution in [3.05, 3.63) is 23.3 Å². The molecule has 1 aromatic carbocycles. The second-order valence-corrected chi connectivity index (χ2v) is 3.67. The van der Waals surface area contributed by atoms with E-state index < -0.39 is 0 Å². The highest BCUT2D eigenvalue weighted by Crippen LogP contribution is 2.31. The van der Waals surface area contributed by atoms with E-state index in [-0.39, 0.29) is 12.6 Å². The molecule has 0 saturated heterocycles. The molecule has 0 radical (unpaired) electrons. The molecule has 0 fully saturated rings. The van der Waals surface area contributed by atoms with Crippen LogP contribution in [0.2, 0.25) is 0 Å². The lowest BCUT2D eigenvalue weighted by molar-refractivity contribution is 0.276. The van der Waals surface area contributed by atoms with E-state index in [9.17, 15) is 0 Å². The molecule has 3 N–H and O–H groups in total. The van der Waals surface area contributed by atoms with Crippen molar-refractivity contribution in [3.63, 3.8) is 0 Å². The van der Waals surface area contributed by atoms with E-state index in [4.69, 9.17) is 20.3 Å².